The molecular formula is C25H33N5O2. The minimum atomic E-state index is -0.117. The molecular weight excluding hydrogens is 402 g/mol. The van der Waals surface area contributed by atoms with Crippen LogP contribution in [0.15, 0.2) is 49.1 Å². The van der Waals surface area contributed by atoms with Gasteiger partial charge in [0.1, 0.15) is 0 Å². The lowest BCUT2D eigenvalue weighted by Gasteiger charge is -2.46. The molecule has 1 aliphatic carbocycles. The summed E-state index contributed by atoms with van der Waals surface area (Å²) in [5, 5.41) is 3.09. The third-order valence-electron chi connectivity index (χ3n) is 6.82. The minimum Gasteiger partial charge on any atom is -0.354 e. The fourth-order valence-electron chi connectivity index (χ4n) is 5.14. The van der Waals surface area contributed by atoms with Gasteiger partial charge in [0.05, 0.1) is 5.56 Å². The van der Waals surface area contributed by atoms with Crippen molar-refractivity contribution in [2.75, 3.05) is 26.2 Å². The van der Waals surface area contributed by atoms with Gasteiger partial charge < -0.3 is 10.2 Å². The third-order valence-corrected chi connectivity index (χ3v) is 6.82. The van der Waals surface area contributed by atoms with E-state index in [0.717, 1.165) is 45.2 Å². The Morgan fingerprint density at radius 2 is 1.78 bits per heavy atom. The first-order valence-electron chi connectivity index (χ1n) is 11.8. The molecule has 0 radical (unpaired) electrons. The fourth-order valence-corrected chi connectivity index (χ4v) is 5.14. The molecule has 1 saturated carbocycles. The van der Waals surface area contributed by atoms with E-state index in [1.165, 1.54) is 12.0 Å². The second-order valence-electron chi connectivity index (χ2n) is 8.98. The Labute approximate surface area is 190 Å². The normalized spacial score (nSPS) is 20.4. The number of pyridine rings is 2. The highest BCUT2D eigenvalue weighted by atomic mass is 16.2. The number of carbonyl (C=O) groups excluding carboxylic acids is 2. The van der Waals surface area contributed by atoms with Gasteiger partial charge in [-0.3, -0.25) is 24.5 Å². The van der Waals surface area contributed by atoms with Crippen LogP contribution in [0.5, 0.6) is 0 Å². The first kappa shape index (κ1) is 22.4. The topological polar surface area (TPSA) is 78.4 Å². The SMILES string of the molecule is O=C1CC2(CCCCC2)N(Cc2ccncc2)CCCN(C(=O)c2cccnc2)CCN1. The zero-order valence-electron chi connectivity index (χ0n) is 18.7. The van der Waals surface area contributed by atoms with Crippen LogP contribution in [0.1, 0.15) is 60.9 Å². The standard InChI is InChI=1S/C25H33N5O2/c31-23-18-25(9-2-1-3-10-25)30(20-21-7-12-26-13-8-21)16-5-15-29(17-14-28-23)24(32)22-6-4-11-27-19-22/h4,6-8,11-13,19H,1-3,5,9-10,14-18,20H2,(H,28,31). The highest BCUT2D eigenvalue weighted by Gasteiger charge is 2.40. The number of nitrogens with zero attached hydrogens (tertiary/aromatic N) is 4. The zero-order chi connectivity index (χ0) is 22.2. The minimum absolute atomic E-state index is 0.0281. The van der Waals surface area contributed by atoms with Crippen LogP contribution in [0, 0.1) is 0 Å². The number of carbonyl (C=O) groups is 2. The van der Waals surface area contributed by atoms with Crippen LogP contribution in [0.4, 0.5) is 0 Å². The second-order valence-corrected chi connectivity index (χ2v) is 8.98. The van der Waals surface area contributed by atoms with Gasteiger partial charge in [-0.2, -0.15) is 0 Å². The Morgan fingerprint density at radius 3 is 2.53 bits per heavy atom. The van der Waals surface area contributed by atoms with Gasteiger partial charge >= 0.3 is 0 Å². The van der Waals surface area contributed by atoms with Crippen molar-refractivity contribution >= 4 is 11.8 Å². The van der Waals surface area contributed by atoms with E-state index in [1.54, 1.807) is 24.5 Å². The van der Waals surface area contributed by atoms with Gasteiger partial charge in [0.2, 0.25) is 5.91 Å². The summed E-state index contributed by atoms with van der Waals surface area (Å²) in [4.78, 5) is 38.6. The molecule has 2 aromatic heterocycles. The van der Waals surface area contributed by atoms with Crippen LogP contribution >= 0.6 is 0 Å². The molecule has 2 aliphatic rings. The molecule has 7 heteroatoms. The second kappa shape index (κ2) is 10.7. The fraction of sp³-hybridized carbons (Fsp3) is 0.520. The summed E-state index contributed by atoms with van der Waals surface area (Å²) < 4.78 is 0. The van der Waals surface area contributed by atoms with E-state index in [0.29, 0.717) is 31.6 Å². The van der Waals surface area contributed by atoms with Crippen LogP contribution in [-0.2, 0) is 11.3 Å². The van der Waals surface area contributed by atoms with Crippen molar-refractivity contribution < 1.29 is 9.59 Å². The highest BCUT2D eigenvalue weighted by Crippen LogP contribution is 2.38. The molecule has 2 aromatic rings. The number of hydrogen-bond donors (Lipinski definition) is 1. The molecule has 0 unspecified atom stereocenters. The van der Waals surface area contributed by atoms with Crippen molar-refractivity contribution in [3.8, 4) is 0 Å². The van der Waals surface area contributed by atoms with E-state index in [4.69, 9.17) is 0 Å². The molecule has 0 aromatic carbocycles. The molecule has 1 N–H and O–H groups in total. The zero-order valence-corrected chi connectivity index (χ0v) is 18.7. The average Bonchev–Trinajstić information content (AvgIpc) is 2.85. The Hall–Kier alpha value is -2.80. The summed E-state index contributed by atoms with van der Waals surface area (Å²) in [5.41, 5.74) is 1.68. The maximum Gasteiger partial charge on any atom is 0.255 e. The maximum absolute atomic E-state index is 13.1. The van der Waals surface area contributed by atoms with Crippen molar-refractivity contribution in [3.63, 3.8) is 0 Å². The van der Waals surface area contributed by atoms with Gasteiger partial charge in [-0.05, 0) is 49.1 Å². The number of nitrogens with one attached hydrogen (secondary N) is 1. The van der Waals surface area contributed by atoms with Gasteiger partial charge in [0, 0.05) is 69.5 Å². The Kier molecular flexibility index (Phi) is 7.47. The molecule has 2 fully saturated rings. The summed E-state index contributed by atoms with van der Waals surface area (Å²) in [6.45, 7) is 3.30. The van der Waals surface area contributed by atoms with Gasteiger partial charge in [-0.25, -0.2) is 0 Å². The van der Waals surface area contributed by atoms with Crippen molar-refractivity contribution in [3.05, 3.63) is 60.2 Å². The average molecular weight is 436 g/mol. The van der Waals surface area contributed by atoms with Gasteiger partial charge in [-0.1, -0.05) is 19.3 Å². The van der Waals surface area contributed by atoms with Crippen LogP contribution in [0.2, 0.25) is 0 Å². The summed E-state index contributed by atoms with van der Waals surface area (Å²) in [6, 6.07) is 7.69. The van der Waals surface area contributed by atoms with Gasteiger partial charge in [0.15, 0.2) is 0 Å². The molecule has 1 spiro atoms. The van der Waals surface area contributed by atoms with E-state index in [2.05, 4.69) is 32.3 Å². The quantitative estimate of drug-likeness (QED) is 0.802. The number of aromatic nitrogens is 2. The number of amides is 2. The van der Waals surface area contributed by atoms with Crippen molar-refractivity contribution in [1.82, 2.24) is 25.1 Å². The lowest BCUT2D eigenvalue weighted by molar-refractivity contribution is -0.125. The van der Waals surface area contributed by atoms with E-state index in [1.807, 2.05) is 17.3 Å². The van der Waals surface area contributed by atoms with Crippen molar-refractivity contribution in [2.45, 2.75) is 57.0 Å². The molecule has 7 nitrogen and oxygen atoms in total. The Morgan fingerprint density at radius 1 is 0.969 bits per heavy atom. The monoisotopic (exact) mass is 435 g/mol. The lowest BCUT2D eigenvalue weighted by Crippen LogP contribution is -2.52. The van der Waals surface area contributed by atoms with E-state index in [-0.39, 0.29) is 17.4 Å². The molecule has 0 bridgehead atoms. The van der Waals surface area contributed by atoms with E-state index in [9.17, 15) is 9.59 Å². The molecule has 2 amide bonds. The highest BCUT2D eigenvalue weighted by molar-refractivity contribution is 5.93. The summed E-state index contributed by atoms with van der Waals surface area (Å²) in [7, 11) is 0. The maximum atomic E-state index is 13.1. The summed E-state index contributed by atoms with van der Waals surface area (Å²) >= 11 is 0. The molecule has 4 rings (SSSR count). The first-order valence-corrected chi connectivity index (χ1v) is 11.8. The molecule has 32 heavy (non-hydrogen) atoms. The molecule has 0 atom stereocenters. The van der Waals surface area contributed by atoms with Crippen LogP contribution in [0.3, 0.4) is 0 Å². The summed E-state index contributed by atoms with van der Waals surface area (Å²) in [5.74, 6) is 0.0574. The molecule has 170 valence electrons. The first-order chi connectivity index (χ1) is 15.7. The van der Waals surface area contributed by atoms with Crippen molar-refractivity contribution in [2.24, 2.45) is 0 Å². The van der Waals surface area contributed by atoms with Crippen molar-refractivity contribution in [1.29, 1.82) is 0 Å². The predicted octanol–water partition coefficient (Wildman–Crippen LogP) is 3.03. The van der Waals surface area contributed by atoms with E-state index < -0.39 is 0 Å². The van der Waals surface area contributed by atoms with Gasteiger partial charge in [-0.15, -0.1) is 0 Å². The number of rotatable bonds is 3. The smallest absolute Gasteiger partial charge is 0.255 e. The number of hydrogen-bond acceptors (Lipinski definition) is 5. The Bertz CT molecular complexity index is 884. The van der Waals surface area contributed by atoms with Gasteiger partial charge in [0.25, 0.3) is 5.91 Å². The third kappa shape index (κ3) is 5.51. The molecule has 3 heterocycles. The molecule has 1 aliphatic heterocycles. The van der Waals surface area contributed by atoms with E-state index >= 15 is 0 Å². The summed E-state index contributed by atoms with van der Waals surface area (Å²) in [6.07, 6.45) is 14.0. The molecule has 1 saturated heterocycles. The Balaban J connectivity index is 1.55. The lowest BCUT2D eigenvalue weighted by atomic mass is 9.77. The van der Waals surface area contributed by atoms with Crippen LogP contribution in [0.25, 0.3) is 0 Å². The predicted molar refractivity (Wildman–Crippen MR) is 123 cm³/mol. The largest absolute Gasteiger partial charge is 0.354 e. The van der Waals surface area contributed by atoms with Crippen LogP contribution < -0.4 is 5.32 Å². The van der Waals surface area contributed by atoms with Crippen LogP contribution in [-0.4, -0.2) is 63.3 Å².